The minimum Gasteiger partial charge on any atom is -0.490 e. The predicted molar refractivity (Wildman–Crippen MR) is 138 cm³/mol. The molecule has 0 unspecified atom stereocenters. The Morgan fingerprint density at radius 3 is 1.69 bits per heavy atom. The number of rotatable bonds is 14. The molecule has 0 atom stereocenters. The first-order valence-corrected chi connectivity index (χ1v) is 12.0. The van der Waals surface area contributed by atoms with E-state index >= 15 is 0 Å². The van der Waals surface area contributed by atoms with E-state index in [0.717, 1.165) is 28.4 Å². The highest BCUT2D eigenvalue weighted by molar-refractivity contribution is 5.41. The Morgan fingerprint density at radius 2 is 1.08 bits per heavy atom. The molecule has 0 bridgehead atoms. The van der Waals surface area contributed by atoms with E-state index in [-0.39, 0.29) is 5.82 Å². The van der Waals surface area contributed by atoms with E-state index in [9.17, 15) is 4.39 Å². The largest absolute Gasteiger partial charge is 0.490 e. The van der Waals surface area contributed by atoms with Gasteiger partial charge in [0.05, 0.1) is 0 Å². The predicted octanol–water partition coefficient (Wildman–Crippen LogP) is 6.03. The van der Waals surface area contributed by atoms with Crippen LogP contribution in [-0.2, 0) is 13.1 Å². The van der Waals surface area contributed by atoms with Crippen LogP contribution in [-0.4, -0.2) is 26.4 Å². The number of nitrogens with one attached hydrogen (secondary N) is 1. The summed E-state index contributed by atoms with van der Waals surface area (Å²) in [6.07, 6.45) is 0. The number of ether oxygens (including phenoxy) is 4. The zero-order valence-electron chi connectivity index (χ0n) is 20.1. The summed E-state index contributed by atoms with van der Waals surface area (Å²) >= 11 is 0. The monoisotopic (exact) mass is 487 g/mol. The van der Waals surface area contributed by atoms with Crippen LogP contribution in [0.1, 0.15) is 11.1 Å². The van der Waals surface area contributed by atoms with Gasteiger partial charge < -0.3 is 24.3 Å². The van der Waals surface area contributed by atoms with Crippen molar-refractivity contribution in [2.75, 3.05) is 26.4 Å². The van der Waals surface area contributed by atoms with Gasteiger partial charge in [0.15, 0.2) is 0 Å². The van der Waals surface area contributed by atoms with Gasteiger partial charge in [-0.2, -0.15) is 0 Å². The first-order valence-electron chi connectivity index (χ1n) is 12.0. The molecule has 6 heteroatoms. The van der Waals surface area contributed by atoms with Gasteiger partial charge in [-0.3, -0.25) is 0 Å². The van der Waals surface area contributed by atoms with E-state index in [1.54, 1.807) is 12.1 Å². The lowest BCUT2D eigenvalue weighted by Gasteiger charge is -2.15. The highest BCUT2D eigenvalue weighted by Gasteiger charge is 2.08. The van der Waals surface area contributed by atoms with Gasteiger partial charge in [-0.15, -0.1) is 0 Å². The summed E-state index contributed by atoms with van der Waals surface area (Å²) < 4.78 is 36.6. The first kappa shape index (κ1) is 25.1. The summed E-state index contributed by atoms with van der Waals surface area (Å²) in [4.78, 5) is 0. The molecule has 1 N–H and O–H groups in total. The number of hydrogen-bond acceptors (Lipinski definition) is 5. The van der Waals surface area contributed by atoms with Crippen LogP contribution < -0.4 is 24.3 Å². The second kappa shape index (κ2) is 13.8. The van der Waals surface area contributed by atoms with E-state index in [1.165, 1.54) is 12.1 Å². The second-order valence-corrected chi connectivity index (χ2v) is 8.02. The molecule has 0 aliphatic heterocycles. The zero-order valence-corrected chi connectivity index (χ0v) is 20.1. The van der Waals surface area contributed by atoms with Crippen molar-refractivity contribution in [1.29, 1.82) is 0 Å². The highest BCUT2D eigenvalue weighted by Crippen LogP contribution is 2.25. The third kappa shape index (κ3) is 8.32. The van der Waals surface area contributed by atoms with Crippen LogP contribution in [0.5, 0.6) is 23.0 Å². The topological polar surface area (TPSA) is 49.0 Å². The lowest BCUT2D eigenvalue weighted by atomic mass is 10.1. The third-order valence-electron chi connectivity index (χ3n) is 5.31. The van der Waals surface area contributed by atoms with Gasteiger partial charge in [-0.05, 0) is 48.0 Å². The van der Waals surface area contributed by atoms with Gasteiger partial charge in [0.2, 0.25) is 0 Å². The Morgan fingerprint density at radius 1 is 0.528 bits per heavy atom. The number of halogens is 1. The molecule has 186 valence electrons. The maximum absolute atomic E-state index is 13.2. The molecule has 4 rings (SSSR count). The number of hydrogen-bond donors (Lipinski definition) is 1. The Hall–Kier alpha value is -4.03. The van der Waals surface area contributed by atoms with Gasteiger partial charge in [0.25, 0.3) is 0 Å². The minimum absolute atomic E-state index is 0.239. The zero-order chi connectivity index (χ0) is 24.8. The molecule has 0 aromatic heterocycles. The quantitative estimate of drug-likeness (QED) is 0.220. The van der Waals surface area contributed by atoms with Crippen LogP contribution in [0.4, 0.5) is 4.39 Å². The molecule has 4 aromatic carbocycles. The maximum Gasteiger partial charge on any atom is 0.127 e. The molecule has 5 nitrogen and oxygen atoms in total. The van der Waals surface area contributed by atoms with Crippen molar-refractivity contribution in [3.63, 3.8) is 0 Å². The molecule has 0 amide bonds. The van der Waals surface area contributed by atoms with Crippen LogP contribution in [0.3, 0.4) is 0 Å². The fraction of sp³-hybridized carbons (Fsp3) is 0.200. The normalized spacial score (nSPS) is 10.6. The Kier molecular flexibility index (Phi) is 9.58. The van der Waals surface area contributed by atoms with Crippen molar-refractivity contribution in [3.8, 4) is 23.0 Å². The molecule has 4 aromatic rings. The highest BCUT2D eigenvalue weighted by atomic mass is 19.1. The van der Waals surface area contributed by atoms with Gasteiger partial charge >= 0.3 is 0 Å². The van der Waals surface area contributed by atoms with Gasteiger partial charge in [-0.1, -0.05) is 54.6 Å². The molecular weight excluding hydrogens is 457 g/mol. The summed E-state index contributed by atoms with van der Waals surface area (Å²) in [6.45, 7) is 2.86. The average Bonchev–Trinajstić information content (AvgIpc) is 2.92. The van der Waals surface area contributed by atoms with Gasteiger partial charge in [0.1, 0.15) is 55.2 Å². The Balaban J connectivity index is 1.32. The molecule has 0 aliphatic rings. The third-order valence-corrected chi connectivity index (χ3v) is 5.31. The van der Waals surface area contributed by atoms with Crippen molar-refractivity contribution in [2.24, 2.45) is 0 Å². The van der Waals surface area contributed by atoms with Crippen LogP contribution in [0.25, 0.3) is 0 Å². The molecule has 0 saturated heterocycles. The van der Waals surface area contributed by atoms with Crippen molar-refractivity contribution < 1.29 is 23.3 Å². The Labute approximate surface area is 211 Å². The summed E-state index contributed by atoms with van der Waals surface area (Å²) in [5.41, 5.74) is 2.00. The first-order chi connectivity index (χ1) is 17.8. The summed E-state index contributed by atoms with van der Waals surface area (Å²) in [6, 6.07) is 31.6. The Bertz CT molecular complexity index is 1170. The van der Waals surface area contributed by atoms with E-state index in [2.05, 4.69) is 5.32 Å². The van der Waals surface area contributed by atoms with Crippen LogP contribution in [0, 0.1) is 5.82 Å². The maximum atomic E-state index is 13.2. The molecule has 0 fully saturated rings. The summed E-state index contributed by atoms with van der Waals surface area (Å²) in [5, 5.41) is 3.39. The molecular formula is C30H30FNO4. The average molecular weight is 488 g/mol. The fourth-order valence-electron chi connectivity index (χ4n) is 3.51. The lowest BCUT2D eigenvalue weighted by Crippen LogP contribution is -2.15. The van der Waals surface area contributed by atoms with Crippen molar-refractivity contribution in [3.05, 3.63) is 120 Å². The number of benzene rings is 4. The molecule has 0 saturated carbocycles. The minimum atomic E-state index is -0.239. The summed E-state index contributed by atoms with van der Waals surface area (Å²) in [7, 11) is 0. The molecule has 0 radical (unpaired) electrons. The fourth-order valence-corrected chi connectivity index (χ4v) is 3.51. The summed E-state index contributed by atoms with van der Waals surface area (Å²) in [5.74, 6) is 2.80. The van der Waals surface area contributed by atoms with Crippen molar-refractivity contribution in [1.82, 2.24) is 5.32 Å². The second-order valence-electron chi connectivity index (χ2n) is 8.02. The van der Waals surface area contributed by atoms with Gasteiger partial charge in [0, 0.05) is 24.7 Å². The van der Waals surface area contributed by atoms with E-state index in [1.807, 2.05) is 78.9 Å². The molecule has 0 heterocycles. The standard InChI is InChI=1S/C30H30FNO4/c31-26-14-11-24(12-15-26)22-32-23-25-13-16-29(35-18-17-33-27-7-3-1-4-8-27)21-30(25)36-20-19-34-28-9-5-2-6-10-28/h1-16,21,32H,17-20,22-23H2. The van der Waals surface area contributed by atoms with E-state index < -0.39 is 0 Å². The molecule has 36 heavy (non-hydrogen) atoms. The molecule has 0 spiro atoms. The van der Waals surface area contributed by atoms with Crippen LogP contribution >= 0.6 is 0 Å². The number of para-hydroxylation sites is 2. The van der Waals surface area contributed by atoms with Crippen LogP contribution in [0.2, 0.25) is 0 Å². The van der Waals surface area contributed by atoms with Gasteiger partial charge in [-0.25, -0.2) is 4.39 Å². The van der Waals surface area contributed by atoms with Crippen molar-refractivity contribution in [2.45, 2.75) is 13.1 Å². The lowest BCUT2D eigenvalue weighted by molar-refractivity contribution is 0.208. The SMILES string of the molecule is Fc1ccc(CNCc2ccc(OCCOc3ccccc3)cc2OCCOc2ccccc2)cc1. The molecule has 0 aliphatic carbocycles. The van der Waals surface area contributed by atoms with Crippen molar-refractivity contribution >= 4 is 0 Å². The van der Waals surface area contributed by atoms with Crippen LogP contribution in [0.15, 0.2) is 103 Å². The van der Waals surface area contributed by atoms with E-state index in [0.29, 0.717) is 45.3 Å². The smallest absolute Gasteiger partial charge is 0.127 e. The van der Waals surface area contributed by atoms with E-state index in [4.69, 9.17) is 18.9 Å².